The van der Waals surface area contributed by atoms with Gasteiger partial charge in [0.05, 0.1) is 6.42 Å². The molecule has 2 N–H and O–H groups in total. The van der Waals surface area contributed by atoms with Crippen LogP contribution < -0.4 is 5.32 Å². The lowest BCUT2D eigenvalue weighted by Gasteiger charge is -2.28. The Bertz CT molecular complexity index is 452. The Hall–Kier alpha value is -1.91. The van der Waals surface area contributed by atoms with Gasteiger partial charge in [-0.3, -0.25) is 4.79 Å². The summed E-state index contributed by atoms with van der Waals surface area (Å²) in [7, 11) is 0. The fraction of sp³-hybridized carbons (Fsp3) is 0.429. The van der Waals surface area contributed by atoms with Crippen molar-refractivity contribution in [2.24, 2.45) is 0 Å². The van der Waals surface area contributed by atoms with Crippen LogP contribution in [0.4, 0.5) is 4.39 Å². The number of carbonyl (C=O) groups is 2. The third-order valence-electron chi connectivity index (χ3n) is 3.27. The summed E-state index contributed by atoms with van der Waals surface area (Å²) in [6, 6.07) is 5.56. The summed E-state index contributed by atoms with van der Waals surface area (Å²) in [5.41, 5.74) is -0.581. The molecule has 4 nitrogen and oxygen atoms in total. The van der Waals surface area contributed by atoms with Gasteiger partial charge in [0, 0.05) is 0 Å². The molecule has 0 fully saturated rings. The van der Waals surface area contributed by atoms with Crippen LogP contribution in [0.3, 0.4) is 0 Å². The summed E-state index contributed by atoms with van der Waals surface area (Å²) < 4.78 is 12.7. The van der Waals surface area contributed by atoms with Gasteiger partial charge in [0.2, 0.25) is 5.91 Å². The van der Waals surface area contributed by atoms with Crippen molar-refractivity contribution in [3.63, 3.8) is 0 Å². The van der Waals surface area contributed by atoms with Crippen LogP contribution in [0.15, 0.2) is 24.3 Å². The number of carboxylic acids is 1. The van der Waals surface area contributed by atoms with Gasteiger partial charge in [-0.2, -0.15) is 0 Å². The summed E-state index contributed by atoms with van der Waals surface area (Å²) in [5, 5.41) is 11.8. The monoisotopic (exact) mass is 267 g/mol. The van der Waals surface area contributed by atoms with Crippen molar-refractivity contribution in [3.05, 3.63) is 35.6 Å². The molecule has 0 aliphatic carbocycles. The zero-order chi connectivity index (χ0) is 14.5. The Balaban J connectivity index is 2.73. The SMILES string of the molecule is CCC(CC)(NC(=O)Cc1ccc(F)cc1)C(=O)O. The average molecular weight is 267 g/mol. The van der Waals surface area contributed by atoms with Crippen molar-refractivity contribution in [1.82, 2.24) is 5.32 Å². The molecule has 0 aliphatic heterocycles. The number of halogens is 1. The molecule has 0 radical (unpaired) electrons. The van der Waals surface area contributed by atoms with Crippen LogP contribution in [0.1, 0.15) is 32.3 Å². The molecule has 1 aromatic carbocycles. The topological polar surface area (TPSA) is 66.4 Å². The van der Waals surface area contributed by atoms with Crippen LogP contribution >= 0.6 is 0 Å². The number of hydrogen-bond acceptors (Lipinski definition) is 2. The quantitative estimate of drug-likeness (QED) is 0.829. The van der Waals surface area contributed by atoms with Crippen LogP contribution in [0.5, 0.6) is 0 Å². The van der Waals surface area contributed by atoms with Crippen LogP contribution in [0.25, 0.3) is 0 Å². The number of rotatable bonds is 6. The van der Waals surface area contributed by atoms with E-state index in [0.29, 0.717) is 18.4 Å². The van der Waals surface area contributed by atoms with Gasteiger partial charge >= 0.3 is 5.97 Å². The normalized spacial score (nSPS) is 11.1. The molecular weight excluding hydrogens is 249 g/mol. The fourth-order valence-electron chi connectivity index (χ4n) is 1.88. The molecule has 0 saturated carbocycles. The number of nitrogens with one attached hydrogen (secondary N) is 1. The van der Waals surface area contributed by atoms with Gasteiger partial charge in [-0.1, -0.05) is 26.0 Å². The first-order chi connectivity index (χ1) is 8.93. The second-order valence-corrected chi connectivity index (χ2v) is 4.45. The molecule has 5 heteroatoms. The minimum atomic E-state index is -1.23. The summed E-state index contributed by atoms with van der Waals surface area (Å²) in [6.45, 7) is 3.44. The van der Waals surface area contributed by atoms with Gasteiger partial charge in [-0.25, -0.2) is 9.18 Å². The Labute approximate surface area is 111 Å². The number of amides is 1. The van der Waals surface area contributed by atoms with E-state index in [1.807, 2.05) is 0 Å². The number of benzene rings is 1. The van der Waals surface area contributed by atoms with Crippen molar-refractivity contribution >= 4 is 11.9 Å². The molecule has 1 aromatic rings. The van der Waals surface area contributed by atoms with Crippen LogP contribution in [0.2, 0.25) is 0 Å². The standard InChI is InChI=1S/C14H18FNO3/c1-3-14(4-2,13(18)19)16-12(17)9-10-5-7-11(15)8-6-10/h5-8H,3-4,9H2,1-2H3,(H,16,17)(H,18,19). The molecule has 1 amide bonds. The summed E-state index contributed by atoms with van der Waals surface area (Å²) in [4.78, 5) is 23.1. The minimum Gasteiger partial charge on any atom is -0.480 e. The van der Waals surface area contributed by atoms with E-state index in [9.17, 15) is 19.1 Å². The molecule has 0 heterocycles. The van der Waals surface area contributed by atoms with Crippen molar-refractivity contribution in [3.8, 4) is 0 Å². The van der Waals surface area contributed by atoms with Crippen molar-refractivity contribution in [1.29, 1.82) is 0 Å². The molecule has 1 rings (SSSR count). The fourth-order valence-corrected chi connectivity index (χ4v) is 1.88. The highest BCUT2D eigenvalue weighted by Gasteiger charge is 2.36. The largest absolute Gasteiger partial charge is 0.480 e. The zero-order valence-corrected chi connectivity index (χ0v) is 11.1. The van der Waals surface area contributed by atoms with E-state index in [-0.39, 0.29) is 18.1 Å². The van der Waals surface area contributed by atoms with E-state index >= 15 is 0 Å². The maximum absolute atomic E-state index is 12.7. The lowest BCUT2D eigenvalue weighted by molar-refractivity contribution is -0.148. The highest BCUT2D eigenvalue weighted by atomic mass is 19.1. The second kappa shape index (κ2) is 6.31. The first kappa shape index (κ1) is 15.1. The van der Waals surface area contributed by atoms with Gasteiger partial charge in [-0.15, -0.1) is 0 Å². The van der Waals surface area contributed by atoms with Gasteiger partial charge in [0.25, 0.3) is 0 Å². The maximum Gasteiger partial charge on any atom is 0.329 e. The molecule has 0 aromatic heterocycles. The molecule has 0 aliphatic rings. The van der Waals surface area contributed by atoms with Gasteiger partial charge in [0.15, 0.2) is 0 Å². The smallest absolute Gasteiger partial charge is 0.329 e. The van der Waals surface area contributed by atoms with Crippen molar-refractivity contribution in [2.45, 2.75) is 38.6 Å². The van der Waals surface area contributed by atoms with Crippen LogP contribution in [-0.4, -0.2) is 22.5 Å². The van der Waals surface area contributed by atoms with E-state index in [4.69, 9.17) is 0 Å². The summed E-state index contributed by atoms with van der Waals surface area (Å²) in [6.07, 6.45) is 0.664. The van der Waals surface area contributed by atoms with E-state index < -0.39 is 11.5 Å². The van der Waals surface area contributed by atoms with E-state index in [0.717, 1.165) is 0 Å². The zero-order valence-electron chi connectivity index (χ0n) is 11.1. The molecular formula is C14H18FNO3. The van der Waals surface area contributed by atoms with Crippen LogP contribution in [-0.2, 0) is 16.0 Å². The van der Waals surface area contributed by atoms with E-state index in [2.05, 4.69) is 5.32 Å². The highest BCUT2D eigenvalue weighted by molar-refractivity contribution is 5.87. The molecule has 0 saturated heterocycles. The Morgan fingerprint density at radius 1 is 1.21 bits per heavy atom. The van der Waals surface area contributed by atoms with E-state index in [1.165, 1.54) is 24.3 Å². The highest BCUT2D eigenvalue weighted by Crippen LogP contribution is 2.16. The first-order valence-corrected chi connectivity index (χ1v) is 6.22. The maximum atomic E-state index is 12.7. The minimum absolute atomic E-state index is 0.0370. The van der Waals surface area contributed by atoms with E-state index in [1.54, 1.807) is 13.8 Å². The second-order valence-electron chi connectivity index (χ2n) is 4.45. The molecule has 0 spiro atoms. The van der Waals surface area contributed by atoms with Crippen molar-refractivity contribution < 1.29 is 19.1 Å². The van der Waals surface area contributed by atoms with Crippen molar-refractivity contribution in [2.75, 3.05) is 0 Å². The third kappa shape index (κ3) is 3.77. The molecule has 0 unspecified atom stereocenters. The summed E-state index contributed by atoms with van der Waals surface area (Å²) in [5.74, 6) is -1.78. The lowest BCUT2D eigenvalue weighted by Crippen LogP contribution is -2.54. The average Bonchev–Trinajstić information content (AvgIpc) is 2.38. The Kier molecular flexibility index (Phi) is 5.03. The number of carbonyl (C=O) groups excluding carboxylic acids is 1. The predicted molar refractivity (Wildman–Crippen MR) is 69.2 cm³/mol. The van der Waals surface area contributed by atoms with Gasteiger partial charge < -0.3 is 10.4 Å². The molecule has 0 bridgehead atoms. The van der Waals surface area contributed by atoms with Crippen LogP contribution in [0, 0.1) is 5.82 Å². The molecule has 19 heavy (non-hydrogen) atoms. The number of carboxylic acid groups (broad SMARTS) is 1. The number of aliphatic carboxylic acids is 1. The predicted octanol–water partition coefficient (Wildman–Crippen LogP) is 2.13. The van der Waals surface area contributed by atoms with Gasteiger partial charge in [0.1, 0.15) is 11.4 Å². The number of hydrogen-bond donors (Lipinski definition) is 2. The Morgan fingerprint density at radius 2 is 1.74 bits per heavy atom. The molecule has 104 valence electrons. The first-order valence-electron chi connectivity index (χ1n) is 6.22. The van der Waals surface area contributed by atoms with Gasteiger partial charge in [-0.05, 0) is 30.5 Å². The summed E-state index contributed by atoms with van der Waals surface area (Å²) >= 11 is 0. The lowest BCUT2D eigenvalue weighted by atomic mass is 9.92. The molecule has 0 atom stereocenters. The third-order valence-corrected chi connectivity index (χ3v) is 3.27. The Morgan fingerprint density at radius 3 is 2.16 bits per heavy atom.